The Kier molecular flexibility index (Phi) is 3.78. The minimum Gasteiger partial charge on any atom is -0.454 e. The predicted octanol–water partition coefficient (Wildman–Crippen LogP) is 2.89. The Morgan fingerprint density at radius 2 is 2.17 bits per heavy atom. The van der Waals surface area contributed by atoms with Gasteiger partial charge in [0.15, 0.2) is 0 Å². The number of nitriles is 1. The lowest BCUT2D eigenvalue weighted by atomic mass is 10.1. The number of nitrogens with zero attached hydrogens (tertiary/aromatic N) is 2. The summed E-state index contributed by atoms with van der Waals surface area (Å²) in [5.41, 5.74) is 1.00. The van der Waals surface area contributed by atoms with Crippen LogP contribution >= 0.6 is 11.6 Å². The maximum absolute atomic E-state index is 9.02. The van der Waals surface area contributed by atoms with Gasteiger partial charge in [0.2, 0.25) is 0 Å². The summed E-state index contributed by atoms with van der Waals surface area (Å²) >= 11 is 5.79. The summed E-state index contributed by atoms with van der Waals surface area (Å²) in [5.74, 6) is 0.856. The zero-order chi connectivity index (χ0) is 13.0. The van der Waals surface area contributed by atoms with Gasteiger partial charge in [0.25, 0.3) is 0 Å². The molecule has 0 fully saturated rings. The molecule has 2 rings (SSSR count). The van der Waals surface area contributed by atoms with Crippen LogP contribution in [0, 0.1) is 11.3 Å². The van der Waals surface area contributed by atoms with Crippen LogP contribution in [0.1, 0.15) is 11.1 Å². The van der Waals surface area contributed by atoms with Crippen LogP contribution in [0.25, 0.3) is 0 Å². The fraction of sp³-hybridized carbons (Fsp3) is 0.0769. The van der Waals surface area contributed by atoms with Crippen LogP contribution in [0.4, 0.5) is 0 Å². The molecule has 0 amide bonds. The van der Waals surface area contributed by atoms with Crippen LogP contribution in [-0.2, 0) is 6.61 Å². The Labute approximate surface area is 109 Å². The maximum Gasteiger partial charge on any atom is 0.147 e. The van der Waals surface area contributed by atoms with E-state index in [0.29, 0.717) is 27.6 Å². The van der Waals surface area contributed by atoms with Crippen molar-refractivity contribution >= 4 is 11.6 Å². The van der Waals surface area contributed by atoms with E-state index in [1.54, 1.807) is 24.3 Å². The molecule has 0 saturated heterocycles. The second-order valence-electron chi connectivity index (χ2n) is 3.54. The molecule has 0 aliphatic carbocycles. The van der Waals surface area contributed by atoms with Crippen molar-refractivity contribution in [3.63, 3.8) is 0 Å². The van der Waals surface area contributed by atoms with Crippen LogP contribution in [0.2, 0.25) is 5.02 Å². The number of rotatable bonds is 3. The standard InChI is InChI=1S/C13H9ClN2O2/c14-11-4-12(7-16-6-11)18-13-2-1-9(8-17)3-10(13)5-15/h1-4,6-7,17H,8H2. The lowest BCUT2D eigenvalue weighted by Gasteiger charge is -2.08. The van der Waals surface area contributed by atoms with Gasteiger partial charge in [-0.05, 0) is 17.7 Å². The SMILES string of the molecule is N#Cc1cc(CO)ccc1Oc1cncc(Cl)c1. The number of benzene rings is 1. The van der Waals surface area contributed by atoms with E-state index < -0.39 is 0 Å². The zero-order valence-electron chi connectivity index (χ0n) is 9.30. The van der Waals surface area contributed by atoms with Gasteiger partial charge in [0.1, 0.15) is 17.6 Å². The summed E-state index contributed by atoms with van der Waals surface area (Å²) in [6.07, 6.45) is 3.00. The molecule has 1 aromatic carbocycles. The Hall–Kier alpha value is -2.09. The minimum absolute atomic E-state index is 0.117. The highest BCUT2D eigenvalue weighted by molar-refractivity contribution is 6.30. The molecule has 0 radical (unpaired) electrons. The smallest absolute Gasteiger partial charge is 0.147 e. The third kappa shape index (κ3) is 2.77. The molecule has 0 atom stereocenters. The fourth-order valence-corrected chi connectivity index (χ4v) is 1.59. The first-order valence-electron chi connectivity index (χ1n) is 5.15. The molecule has 0 aliphatic heterocycles. The van der Waals surface area contributed by atoms with Crippen molar-refractivity contribution in [1.29, 1.82) is 5.26 Å². The van der Waals surface area contributed by atoms with Crippen molar-refractivity contribution in [3.05, 3.63) is 52.8 Å². The molecule has 0 bridgehead atoms. The molecule has 5 heteroatoms. The maximum atomic E-state index is 9.02. The van der Waals surface area contributed by atoms with Crippen LogP contribution in [0.3, 0.4) is 0 Å². The van der Waals surface area contributed by atoms with Gasteiger partial charge in [-0.1, -0.05) is 17.7 Å². The summed E-state index contributed by atoms with van der Waals surface area (Å²) in [6, 6.07) is 8.52. The number of hydrogen-bond acceptors (Lipinski definition) is 4. The average Bonchev–Trinajstić information content (AvgIpc) is 2.39. The third-order valence-corrected chi connectivity index (χ3v) is 2.46. The van der Waals surface area contributed by atoms with Crippen LogP contribution in [0.5, 0.6) is 11.5 Å². The molecule has 0 spiro atoms. The number of halogens is 1. The van der Waals surface area contributed by atoms with Crippen molar-refractivity contribution < 1.29 is 9.84 Å². The molecule has 0 aliphatic rings. The van der Waals surface area contributed by atoms with E-state index >= 15 is 0 Å². The Morgan fingerprint density at radius 3 is 2.83 bits per heavy atom. The second-order valence-corrected chi connectivity index (χ2v) is 3.98. The summed E-state index contributed by atoms with van der Waals surface area (Å²) in [7, 11) is 0. The fourth-order valence-electron chi connectivity index (χ4n) is 1.43. The van der Waals surface area contributed by atoms with Gasteiger partial charge in [-0.15, -0.1) is 0 Å². The van der Waals surface area contributed by atoms with Crippen molar-refractivity contribution in [2.24, 2.45) is 0 Å². The summed E-state index contributed by atoms with van der Waals surface area (Å²) < 4.78 is 5.53. The highest BCUT2D eigenvalue weighted by atomic mass is 35.5. The first-order chi connectivity index (χ1) is 8.72. The predicted molar refractivity (Wildman–Crippen MR) is 66.4 cm³/mol. The Bertz CT molecular complexity index is 608. The van der Waals surface area contributed by atoms with Gasteiger partial charge < -0.3 is 9.84 Å². The highest BCUT2D eigenvalue weighted by Crippen LogP contribution is 2.26. The van der Waals surface area contributed by atoms with Gasteiger partial charge >= 0.3 is 0 Å². The topological polar surface area (TPSA) is 66.1 Å². The average molecular weight is 261 g/mol. The van der Waals surface area contributed by atoms with E-state index in [9.17, 15) is 0 Å². The second kappa shape index (κ2) is 5.50. The van der Waals surface area contributed by atoms with E-state index in [2.05, 4.69) is 4.98 Å². The number of pyridine rings is 1. The molecule has 90 valence electrons. The van der Waals surface area contributed by atoms with Crippen molar-refractivity contribution in [2.45, 2.75) is 6.61 Å². The molecule has 1 aromatic heterocycles. The molecule has 18 heavy (non-hydrogen) atoms. The number of aromatic nitrogens is 1. The van der Waals surface area contributed by atoms with E-state index in [1.165, 1.54) is 12.4 Å². The number of aliphatic hydroxyl groups is 1. The van der Waals surface area contributed by atoms with Crippen LogP contribution in [0.15, 0.2) is 36.7 Å². The molecular formula is C13H9ClN2O2. The van der Waals surface area contributed by atoms with E-state index in [4.69, 9.17) is 26.7 Å². The molecule has 0 unspecified atom stereocenters. The molecule has 1 N–H and O–H groups in total. The van der Waals surface area contributed by atoms with Gasteiger partial charge in [-0.3, -0.25) is 4.98 Å². The first kappa shape index (κ1) is 12.4. The van der Waals surface area contributed by atoms with Crippen LogP contribution < -0.4 is 4.74 Å². The summed E-state index contributed by atoms with van der Waals surface area (Å²) in [6.45, 7) is -0.117. The molecular weight excluding hydrogens is 252 g/mol. The van der Waals surface area contributed by atoms with Crippen molar-refractivity contribution in [2.75, 3.05) is 0 Å². The number of aliphatic hydroxyl groups excluding tert-OH is 1. The normalized spacial score (nSPS) is 9.83. The van der Waals surface area contributed by atoms with Gasteiger partial charge in [0.05, 0.1) is 23.4 Å². The molecule has 4 nitrogen and oxygen atoms in total. The Morgan fingerprint density at radius 1 is 1.33 bits per heavy atom. The first-order valence-corrected chi connectivity index (χ1v) is 5.53. The monoisotopic (exact) mass is 260 g/mol. The molecule has 0 saturated carbocycles. The summed E-state index contributed by atoms with van der Waals surface area (Å²) in [5, 5.41) is 18.5. The quantitative estimate of drug-likeness (QED) is 0.921. The molecule has 2 aromatic rings. The van der Waals surface area contributed by atoms with E-state index in [1.807, 2.05) is 6.07 Å². The minimum atomic E-state index is -0.117. The number of hydrogen-bond donors (Lipinski definition) is 1. The largest absolute Gasteiger partial charge is 0.454 e. The zero-order valence-corrected chi connectivity index (χ0v) is 10.1. The lowest BCUT2D eigenvalue weighted by Crippen LogP contribution is -1.91. The third-order valence-electron chi connectivity index (χ3n) is 2.25. The van der Waals surface area contributed by atoms with E-state index in [0.717, 1.165) is 0 Å². The lowest BCUT2D eigenvalue weighted by molar-refractivity contribution is 0.281. The molecule has 1 heterocycles. The summed E-state index contributed by atoms with van der Waals surface area (Å²) in [4.78, 5) is 3.89. The van der Waals surface area contributed by atoms with E-state index in [-0.39, 0.29) is 6.61 Å². The highest BCUT2D eigenvalue weighted by Gasteiger charge is 2.06. The Balaban J connectivity index is 2.32. The van der Waals surface area contributed by atoms with Crippen molar-refractivity contribution in [3.8, 4) is 17.6 Å². The van der Waals surface area contributed by atoms with Crippen molar-refractivity contribution in [1.82, 2.24) is 4.98 Å². The van der Waals surface area contributed by atoms with Crippen LogP contribution in [-0.4, -0.2) is 10.1 Å². The van der Waals surface area contributed by atoms with Gasteiger partial charge in [-0.25, -0.2) is 0 Å². The van der Waals surface area contributed by atoms with Gasteiger partial charge in [-0.2, -0.15) is 5.26 Å². The number of ether oxygens (including phenoxy) is 1. The van der Waals surface area contributed by atoms with Gasteiger partial charge in [0, 0.05) is 12.3 Å².